The van der Waals surface area contributed by atoms with Crippen molar-refractivity contribution in [3.8, 4) is 0 Å². The Kier molecular flexibility index (Phi) is 4.40. The Hall–Kier alpha value is -2.95. The van der Waals surface area contributed by atoms with Gasteiger partial charge in [0, 0.05) is 6.54 Å². The summed E-state index contributed by atoms with van der Waals surface area (Å²) in [5.41, 5.74) is 5.20. The van der Waals surface area contributed by atoms with E-state index in [-0.39, 0.29) is 12.5 Å². The highest BCUT2D eigenvalue weighted by Gasteiger charge is 2.36. The van der Waals surface area contributed by atoms with Crippen LogP contribution in [0.25, 0.3) is 0 Å². The number of imide groups is 1. The number of hydrogen-bond donors (Lipinski definition) is 1. The summed E-state index contributed by atoms with van der Waals surface area (Å²) in [7, 11) is 0. The van der Waals surface area contributed by atoms with Gasteiger partial charge in [0.15, 0.2) is 0 Å². The van der Waals surface area contributed by atoms with Gasteiger partial charge >= 0.3 is 0 Å². The molecule has 3 amide bonds. The van der Waals surface area contributed by atoms with E-state index in [0.29, 0.717) is 17.7 Å². The molecule has 0 saturated heterocycles. The fourth-order valence-corrected chi connectivity index (χ4v) is 2.99. The summed E-state index contributed by atoms with van der Waals surface area (Å²) in [5.74, 6) is -1.19. The topological polar surface area (TPSA) is 66.5 Å². The number of benzene rings is 2. The summed E-state index contributed by atoms with van der Waals surface area (Å²) in [6.07, 6.45) is 0. The molecule has 3 rings (SSSR count). The summed E-state index contributed by atoms with van der Waals surface area (Å²) in [5, 5.41) is 2.80. The normalized spacial score (nSPS) is 13.2. The second kappa shape index (κ2) is 6.51. The van der Waals surface area contributed by atoms with Crippen molar-refractivity contribution in [2.45, 2.75) is 27.3 Å². The third kappa shape index (κ3) is 3.18. The highest BCUT2D eigenvalue weighted by molar-refractivity contribution is 6.22. The van der Waals surface area contributed by atoms with Crippen LogP contribution in [0.4, 0.5) is 0 Å². The Morgan fingerprint density at radius 1 is 0.920 bits per heavy atom. The lowest BCUT2D eigenvalue weighted by molar-refractivity contribution is -0.121. The molecule has 0 spiro atoms. The Morgan fingerprint density at radius 2 is 1.48 bits per heavy atom. The Balaban J connectivity index is 1.65. The third-order valence-electron chi connectivity index (χ3n) is 4.61. The summed E-state index contributed by atoms with van der Waals surface area (Å²) in [6.45, 7) is 6.18. The maximum Gasteiger partial charge on any atom is 0.262 e. The molecule has 5 nitrogen and oxygen atoms in total. The van der Waals surface area contributed by atoms with E-state index in [4.69, 9.17) is 0 Å². The van der Waals surface area contributed by atoms with Crippen LogP contribution in [0.1, 0.15) is 43.0 Å². The van der Waals surface area contributed by atoms with Crippen molar-refractivity contribution in [1.29, 1.82) is 0 Å². The zero-order valence-corrected chi connectivity index (χ0v) is 14.6. The second-order valence-corrected chi connectivity index (χ2v) is 6.38. The fourth-order valence-electron chi connectivity index (χ4n) is 2.99. The molecule has 0 fully saturated rings. The second-order valence-electron chi connectivity index (χ2n) is 6.38. The molecule has 128 valence electrons. The summed E-state index contributed by atoms with van der Waals surface area (Å²) in [4.78, 5) is 37.8. The number of rotatable bonds is 4. The highest BCUT2D eigenvalue weighted by atomic mass is 16.2. The summed E-state index contributed by atoms with van der Waals surface area (Å²) >= 11 is 0. The van der Waals surface area contributed by atoms with E-state index in [1.807, 2.05) is 26.8 Å². The molecule has 2 aromatic rings. The van der Waals surface area contributed by atoms with Crippen LogP contribution in [0.2, 0.25) is 0 Å². The first-order valence-corrected chi connectivity index (χ1v) is 8.17. The van der Waals surface area contributed by atoms with E-state index >= 15 is 0 Å². The SMILES string of the molecule is Cc1cc(C)c(CNC(=O)CN2C(=O)c3ccccc3C2=O)cc1C. The molecule has 1 aliphatic rings. The fraction of sp³-hybridized carbons (Fsp3) is 0.250. The molecule has 1 aliphatic heterocycles. The van der Waals surface area contributed by atoms with Gasteiger partial charge in [-0.1, -0.05) is 24.3 Å². The number of aryl methyl sites for hydroxylation is 3. The van der Waals surface area contributed by atoms with Gasteiger partial charge in [-0.15, -0.1) is 0 Å². The van der Waals surface area contributed by atoms with Gasteiger partial charge < -0.3 is 5.32 Å². The van der Waals surface area contributed by atoms with Crippen LogP contribution in [-0.4, -0.2) is 29.2 Å². The highest BCUT2D eigenvalue weighted by Crippen LogP contribution is 2.22. The predicted molar refractivity (Wildman–Crippen MR) is 94.3 cm³/mol. The van der Waals surface area contributed by atoms with Crippen LogP contribution in [0.15, 0.2) is 36.4 Å². The van der Waals surface area contributed by atoms with Gasteiger partial charge in [0.2, 0.25) is 5.91 Å². The molecule has 1 N–H and O–H groups in total. The van der Waals surface area contributed by atoms with Gasteiger partial charge in [-0.05, 0) is 55.2 Å². The lowest BCUT2D eigenvalue weighted by Crippen LogP contribution is -2.40. The van der Waals surface area contributed by atoms with Crippen molar-refractivity contribution in [2.75, 3.05) is 6.54 Å². The molecule has 0 bridgehead atoms. The van der Waals surface area contributed by atoms with Crippen LogP contribution in [0.3, 0.4) is 0 Å². The summed E-state index contributed by atoms with van der Waals surface area (Å²) < 4.78 is 0. The van der Waals surface area contributed by atoms with Crippen LogP contribution in [-0.2, 0) is 11.3 Å². The zero-order chi connectivity index (χ0) is 18.1. The van der Waals surface area contributed by atoms with E-state index in [2.05, 4.69) is 11.4 Å². The molecular formula is C20H20N2O3. The first-order chi connectivity index (χ1) is 11.9. The van der Waals surface area contributed by atoms with Crippen molar-refractivity contribution in [3.63, 3.8) is 0 Å². The first-order valence-electron chi connectivity index (χ1n) is 8.17. The minimum Gasteiger partial charge on any atom is -0.350 e. The number of carbonyl (C=O) groups is 3. The molecule has 0 unspecified atom stereocenters. The maximum atomic E-state index is 12.3. The van der Waals surface area contributed by atoms with Crippen molar-refractivity contribution in [1.82, 2.24) is 10.2 Å². The van der Waals surface area contributed by atoms with Gasteiger partial charge in [-0.25, -0.2) is 0 Å². The van der Waals surface area contributed by atoms with E-state index < -0.39 is 11.8 Å². The summed E-state index contributed by atoms with van der Waals surface area (Å²) in [6, 6.07) is 10.7. The zero-order valence-electron chi connectivity index (χ0n) is 14.6. The van der Waals surface area contributed by atoms with Gasteiger partial charge in [0.05, 0.1) is 11.1 Å². The Morgan fingerprint density at radius 3 is 2.08 bits per heavy atom. The van der Waals surface area contributed by atoms with Crippen LogP contribution in [0.5, 0.6) is 0 Å². The van der Waals surface area contributed by atoms with Crippen LogP contribution >= 0.6 is 0 Å². The number of amides is 3. The lowest BCUT2D eigenvalue weighted by Gasteiger charge is -2.15. The largest absolute Gasteiger partial charge is 0.350 e. The van der Waals surface area contributed by atoms with Crippen molar-refractivity contribution in [3.05, 3.63) is 69.8 Å². The van der Waals surface area contributed by atoms with Crippen LogP contribution < -0.4 is 5.32 Å². The molecule has 2 aromatic carbocycles. The molecule has 5 heteroatoms. The average Bonchev–Trinajstić information content (AvgIpc) is 2.82. The molecule has 1 heterocycles. The lowest BCUT2D eigenvalue weighted by atomic mass is 10.0. The smallest absolute Gasteiger partial charge is 0.262 e. The van der Waals surface area contributed by atoms with Gasteiger partial charge in [-0.2, -0.15) is 0 Å². The molecular weight excluding hydrogens is 316 g/mol. The first kappa shape index (κ1) is 16.9. The molecule has 0 atom stereocenters. The van der Waals surface area contributed by atoms with Crippen molar-refractivity contribution >= 4 is 17.7 Å². The monoisotopic (exact) mass is 336 g/mol. The van der Waals surface area contributed by atoms with E-state index in [1.165, 1.54) is 5.56 Å². The van der Waals surface area contributed by atoms with Crippen LogP contribution in [0, 0.1) is 20.8 Å². The molecule has 0 saturated carbocycles. The van der Waals surface area contributed by atoms with E-state index in [9.17, 15) is 14.4 Å². The molecule has 0 radical (unpaired) electrons. The standard InChI is InChI=1S/C20H20N2O3/c1-12-8-14(3)15(9-13(12)2)10-21-18(23)11-22-19(24)16-6-4-5-7-17(16)20(22)25/h4-9H,10-11H2,1-3H3,(H,21,23). The van der Waals surface area contributed by atoms with Gasteiger partial charge in [0.25, 0.3) is 11.8 Å². The molecule has 0 aromatic heterocycles. The third-order valence-corrected chi connectivity index (χ3v) is 4.61. The van der Waals surface area contributed by atoms with Gasteiger partial charge in [-0.3, -0.25) is 19.3 Å². The Labute approximate surface area is 146 Å². The average molecular weight is 336 g/mol. The van der Waals surface area contributed by atoms with Gasteiger partial charge in [0.1, 0.15) is 6.54 Å². The number of fused-ring (bicyclic) bond motifs is 1. The predicted octanol–water partition coefficient (Wildman–Crippen LogP) is 2.52. The van der Waals surface area contributed by atoms with E-state index in [0.717, 1.165) is 21.6 Å². The number of nitrogens with one attached hydrogen (secondary N) is 1. The Bertz CT molecular complexity index is 852. The molecule has 0 aliphatic carbocycles. The van der Waals surface area contributed by atoms with Crippen molar-refractivity contribution < 1.29 is 14.4 Å². The molecule has 25 heavy (non-hydrogen) atoms. The van der Waals surface area contributed by atoms with Crippen molar-refractivity contribution in [2.24, 2.45) is 0 Å². The quantitative estimate of drug-likeness (QED) is 0.873. The number of carbonyl (C=O) groups excluding carboxylic acids is 3. The minimum absolute atomic E-state index is 0.268. The minimum atomic E-state index is -0.418. The maximum absolute atomic E-state index is 12.3. The van der Waals surface area contributed by atoms with E-state index in [1.54, 1.807) is 24.3 Å². The number of hydrogen-bond acceptors (Lipinski definition) is 3. The number of nitrogens with zero attached hydrogens (tertiary/aromatic N) is 1.